The fourth-order valence-corrected chi connectivity index (χ4v) is 4.66. The highest BCUT2D eigenvalue weighted by Crippen LogP contribution is 2.45. The molecule has 5 heteroatoms. The number of hydrogen-bond donors (Lipinski definition) is 2. The molecule has 2 heterocycles. The van der Waals surface area contributed by atoms with Gasteiger partial charge < -0.3 is 15.1 Å². The van der Waals surface area contributed by atoms with Crippen molar-refractivity contribution in [3.05, 3.63) is 94.6 Å². The van der Waals surface area contributed by atoms with Crippen LogP contribution in [-0.2, 0) is 4.79 Å². The Morgan fingerprint density at radius 2 is 1.75 bits per heavy atom. The smallest absolute Gasteiger partial charge is 0.193 e. The fourth-order valence-electron chi connectivity index (χ4n) is 4.66. The second kappa shape index (κ2) is 7.52. The van der Waals surface area contributed by atoms with Gasteiger partial charge >= 0.3 is 0 Å². The Kier molecular flexibility index (Phi) is 4.77. The van der Waals surface area contributed by atoms with Crippen LogP contribution < -0.4 is 10.6 Å². The van der Waals surface area contributed by atoms with Gasteiger partial charge in [0.1, 0.15) is 17.6 Å². The lowest BCUT2D eigenvalue weighted by Crippen LogP contribution is -2.31. The van der Waals surface area contributed by atoms with E-state index in [2.05, 4.69) is 24.5 Å². The van der Waals surface area contributed by atoms with Gasteiger partial charge in [0.05, 0.1) is 11.4 Å². The third kappa shape index (κ3) is 3.64. The number of ketones is 2. The van der Waals surface area contributed by atoms with E-state index in [1.54, 1.807) is 0 Å². The second-order valence-electron chi connectivity index (χ2n) is 9.44. The Labute approximate surface area is 187 Å². The molecule has 1 aliphatic heterocycles. The molecule has 32 heavy (non-hydrogen) atoms. The van der Waals surface area contributed by atoms with Crippen molar-refractivity contribution in [2.45, 2.75) is 39.7 Å². The minimum atomic E-state index is -0.383. The number of Topliss-reactive ketones (excluding diaryl/α,β-unsaturated/α-hetero) is 1. The molecule has 0 amide bonds. The van der Waals surface area contributed by atoms with E-state index in [1.807, 2.05) is 67.6 Å². The van der Waals surface area contributed by atoms with Crippen LogP contribution in [0.2, 0.25) is 0 Å². The first kappa shape index (κ1) is 20.3. The number of carbonyl (C=O) groups is 2. The number of carbonyl (C=O) groups excluding carboxylic acids is 2. The summed E-state index contributed by atoms with van der Waals surface area (Å²) < 4.78 is 5.93. The van der Waals surface area contributed by atoms with Crippen LogP contribution in [0.15, 0.2) is 76.4 Å². The van der Waals surface area contributed by atoms with Gasteiger partial charge in [-0.05, 0) is 49.1 Å². The molecule has 0 fully saturated rings. The number of rotatable bonds is 3. The number of benzene rings is 2. The number of furan rings is 1. The van der Waals surface area contributed by atoms with Gasteiger partial charge in [-0.3, -0.25) is 9.59 Å². The van der Waals surface area contributed by atoms with Gasteiger partial charge in [-0.2, -0.15) is 0 Å². The van der Waals surface area contributed by atoms with Crippen molar-refractivity contribution >= 4 is 22.9 Å². The summed E-state index contributed by atoms with van der Waals surface area (Å²) in [5.41, 5.74) is 4.32. The molecule has 2 N–H and O–H groups in total. The molecule has 0 radical (unpaired) electrons. The molecule has 1 aromatic heterocycles. The lowest BCUT2D eigenvalue weighted by Gasteiger charge is -2.33. The number of aryl methyl sites for hydroxylation is 1. The maximum atomic E-state index is 13.3. The first-order valence-electron chi connectivity index (χ1n) is 10.9. The van der Waals surface area contributed by atoms with E-state index < -0.39 is 0 Å². The molecule has 0 saturated carbocycles. The van der Waals surface area contributed by atoms with Crippen molar-refractivity contribution in [2.24, 2.45) is 5.41 Å². The molecule has 0 spiro atoms. The molecule has 162 valence electrons. The van der Waals surface area contributed by atoms with Crippen LogP contribution in [0, 0.1) is 12.3 Å². The Morgan fingerprint density at radius 1 is 0.969 bits per heavy atom. The highest BCUT2D eigenvalue weighted by atomic mass is 16.3. The topological polar surface area (TPSA) is 71.3 Å². The largest absolute Gasteiger partial charge is 0.464 e. The van der Waals surface area contributed by atoms with Gasteiger partial charge in [0.2, 0.25) is 0 Å². The number of nitrogens with one attached hydrogen (secondary N) is 2. The molecule has 3 aromatic rings. The number of hydrogen-bond acceptors (Lipinski definition) is 5. The molecule has 2 aromatic carbocycles. The van der Waals surface area contributed by atoms with E-state index in [0.29, 0.717) is 28.9 Å². The van der Waals surface area contributed by atoms with Crippen LogP contribution in [0.5, 0.6) is 0 Å². The quantitative estimate of drug-likeness (QED) is 0.500. The van der Waals surface area contributed by atoms with Gasteiger partial charge in [-0.1, -0.05) is 44.2 Å². The third-order valence-electron chi connectivity index (χ3n) is 6.16. The summed E-state index contributed by atoms with van der Waals surface area (Å²) in [5.74, 6) is 1.59. The maximum Gasteiger partial charge on any atom is 0.193 e. The number of allylic oxidation sites excluding steroid dienone is 1. The summed E-state index contributed by atoms with van der Waals surface area (Å²) in [6.07, 6.45) is 1.22. The summed E-state index contributed by atoms with van der Waals surface area (Å²) in [7, 11) is 0. The van der Waals surface area contributed by atoms with E-state index in [0.717, 1.165) is 29.3 Å². The van der Waals surface area contributed by atoms with Crippen molar-refractivity contribution in [3.8, 4) is 0 Å². The predicted molar refractivity (Wildman–Crippen MR) is 125 cm³/mol. The van der Waals surface area contributed by atoms with Crippen molar-refractivity contribution < 1.29 is 14.0 Å². The highest BCUT2D eigenvalue weighted by molar-refractivity contribution is 6.10. The van der Waals surface area contributed by atoms with Crippen LogP contribution in [-0.4, -0.2) is 11.6 Å². The normalized spacial score (nSPS) is 19.3. The number of anilines is 2. The van der Waals surface area contributed by atoms with Crippen molar-refractivity contribution in [1.29, 1.82) is 0 Å². The monoisotopic (exact) mass is 426 g/mol. The van der Waals surface area contributed by atoms with E-state index in [1.165, 1.54) is 0 Å². The van der Waals surface area contributed by atoms with E-state index in [9.17, 15) is 9.59 Å². The van der Waals surface area contributed by atoms with Crippen LogP contribution in [0.3, 0.4) is 0 Å². The van der Waals surface area contributed by atoms with E-state index in [-0.39, 0.29) is 23.0 Å². The van der Waals surface area contributed by atoms with Crippen LogP contribution in [0.4, 0.5) is 11.4 Å². The molecule has 2 aliphatic rings. The second-order valence-corrected chi connectivity index (χ2v) is 9.44. The molecule has 0 bridgehead atoms. The SMILES string of the molecule is Cc1ccc(C2Nc3ccc(C(=O)c4ccccc4)cc3NC3=C2C(=O)CC(C)(C)C3)o1. The molecule has 1 atom stereocenters. The molecule has 0 saturated heterocycles. The minimum Gasteiger partial charge on any atom is -0.464 e. The van der Waals surface area contributed by atoms with E-state index in [4.69, 9.17) is 4.42 Å². The molecule has 5 nitrogen and oxygen atoms in total. The fraction of sp³-hybridized carbons (Fsp3) is 0.259. The Hall–Kier alpha value is -3.60. The number of fused-ring (bicyclic) bond motifs is 1. The Balaban J connectivity index is 1.60. The summed E-state index contributed by atoms with van der Waals surface area (Å²) in [5, 5.41) is 7.01. The van der Waals surface area contributed by atoms with E-state index >= 15 is 0 Å². The molecule has 1 aliphatic carbocycles. The summed E-state index contributed by atoms with van der Waals surface area (Å²) in [6, 6.07) is 18.3. The summed E-state index contributed by atoms with van der Waals surface area (Å²) >= 11 is 0. The van der Waals surface area contributed by atoms with Crippen molar-refractivity contribution in [3.63, 3.8) is 0 Å². The van der Waals surface area contributed by atoms with Crippen molar-refractivity contribution in [1.82, 2.24) is 0 Å². The zero-order valence-electron chi connectivity index (χ0n) is 18.5. The molecular formula is C27H26N2O3. The minimum absolute atomic E-state index is 0.0353. The third-order valence-corrected chi connectivity index (χ3v) is 6.16. The standard InChI is InChI=1S/C27H26N2O3/c1-16-9-12-23(32-16)25-24-21(14-27(2,3)15-22(24)30)28-20-13-18(10-11-19(20)29-25)26(31)17-7-5-4-6-8-17/h4-13,25,28-29H,14-15H2,1-3H3. The van der Waals surface area contributed by atoms with Gasteiger partial charge in [0, 0.05) is 28.8 Å². The Bertz CT molecular complexity index is 1250. The van der Waals surface area contributed by atoms with Gasteiger partial charge in [0.25, 0.3) is 0 Å². The summed E-state index contributed by atoms with van der Waals surface area (Å²) in [4.78, 5) is 26.3. The molecular weight excluding hydrogens is 400 g/mol. The molecule has 5 rings (SSSR count). The first-order chi connectivity index (χ1) is 15.3. The van der Waals surface area contributed by atoms with Gasteiger partial charge in [-0.25, -0.2) is 0 Å². The average molecular weight is 427 g/mol. The lowest BCUT2D eigenvalue weighted by molar-refractivity contribution is -0.118. The summed E-state index contributed by atoms with van der Waals surface area (Å²) in [6.45, 7) is 6.11. The van der Waals surface area contributed by atoms with Crippen LogP contribution >= 0.6 is 0 Å². The van der Waals surface area contributed by atoms with Crippen LogP contribution in [0.1, 0.15) is 60.2 Å². The predicted octanol–water partition coefficient (Wildman–Crippen LogP) is 6.04. The zero-order valence-corrected chi connectivity index (χ0v) is 18.5. The first-order valence-corrected chi connectivity index (χ1v) is 10.9. The molecule has 1 unspecified atom stereocenters. The maximum absolute atomic E-state index is 13.3. The Morgan fingerprint density at radius 3 is 2.47 bits per heavy atom. The van der Waals surface area contributed by atoms with Gasteiger partial charge in [0.15, 0.2) is 11.6 Å². The lowest BCUT2D eigenvalue weighted by atomic mass is 9.74. The van der Waals surface area contributed by atoms with Gasteiger partial charge in [-0.15, -0.1) is 0 Å². The van der Waals surface area contributed by atoms with Crippen molar-refractivity contribution in [2.75, 3.05) is 10.6 Å². The highest BCUT2D eigenvalue weighted by Gasteiger charge is 2.39. The van der Waals surface area contributed by atoms with Crippen LogP contribution in [0.25, 0.3) is 0 Å². The average Bonchev–Trinajstić information content (AvgIpc) is 3.11. The zero-order chi connectivity index (χ0) is 22.5.